The number of nitriles is 1. The van der Waals surface area contributed by atoms with E-state index >= 15 is 0 Å². The van der Waals surface area contributed by atoms with Gasteiger partial charge in [0.15, 0.2) is 5.69 Å². The van der Waals surface area contributed by atoms with Crippen LogP contribution in [0.3, 0.4) is 0 Å². The molecule has 3 aromatic carbocycles. The molecule has 0 radical (unpaired) electrons. The summed E-state index contributed by atoms with van der Waals surface area (Å²) < 4.78 is 10.8. The van der Waals surface area contributed by atoms with Gasteiger partial charge < -0.3 is 19.5 Å². The van der Waals surface area contributed by atoms with Crippen LogP contribution in [0.5, 0.6) is 5.75 Å². The lowest BCUT2D eigenvalue weighted by atomic mass is 9.93. The molecule has 38 heavy (non-hydrogen) atoms. The second-order valence-electron chi connectivity index (χ2n) is 9.56. The maximum absolute atomic E-state index is 11.4. The van der Waals surface area contributed by atoms with Gasteiger partial charge in [-0.1, -0.05) is 48.0 Å². The minimum absolute atomic E-state index is 0.0614. The molecule has 196 valence electrons. The molecule has 0 spiro atoms. The third kappa shape index (κ3) is 6.45. The van der Waals surface area contributed by atoms with E-state index in [4.69, 9.17) is 27.6 Å². The Morgan fingerprint density at radius 2 is 1.84 bits per heavy atom. The van der Waals surface area contributed by atoms with Gasteiger partial charge in [-0.05, 0) is 48.4 Å². The standard InChI is InChI=1S/C30H31ClN4O3/c1-30(36,24-6-10-26(33-2)11-7-24)21-34-14-15-35(29(20-34)22-4-8-25(31)9-5-22)28-13-12-27(18-23(28)19-32)38-17-16-37-3/h4-13,18,29,36H,14-17,20-21H2,1,3H3/t29-,30+/m0/s1. The summed E-state index contributed by atoms with van der Waals surface area (Å²) in [5.74, 6) is 0.629. The lowest BCUT2D eigenvalue weighted by molar-refractivity contribution is 0.0103. The summed E-state index contributed by atoms with van der Waals surface area (Å²) in [6, 6.07) is 22.7. The van der Waals surface area contributed by atoms with Crippen molar-refractivity contribution in [3.63, 3.8) is 0 Å². The van der Waals surface area contributed by atoms with E-state index in [2.05, 4.69) is 20.7 Å². The summed E-state index contributed by atoms with van der Waals surface area (Å²) in [7, 11) is 1.62. The SMILES string of the molecule is [C-]#[N+]c1ccc([C@](C)(O)CN2CCN(c3ccc(OCCOC)cc3C#N)[C@H](c3ccc(Cl)cc3)C2)cc1. The minimum atomic E-state index is -1.09. The fraction of sp³-hybridized carbons (Fsp3) is 0.333. The summed E-state index contributed by atoms with van der Waals surface area (Å²) in [4.78, 5) is 7.93. The number of benzene rings is 3. The molecular formula is C30H31ClN4O3. The van der Waals surface area contributed by atoms with Crippen LogP contribution in [-0.2, 0) is 10.3 Å². The van der Waals surface area contributed by atoms with E-state index in [9.17, 15) is 10.4 Å². The largest absolute Gasteiger partial charge is 0.491 e. The van der Waals surface area contributed by atoms with Gasteiger partial charge in [0, 0.05) is 38.3 Å². The first kappa shape index (κ1) is 27.4. The molecule has 1 saturated heterocycles. The molecule has 1 N–H and O–H groups in total. The summed E-state index contributed by atoms with van der Waals surface area (Å²) in [5, 5.41) is 22.0. The number of halogens is 1. The molecule has 1 aliphatic rings. The Hall–Kier alpha value is -3.59. The van der Waals surface area contributed by atoms with Crippen molar-refractivity contribution in [1.29, 1.82) is 5.26 Å². The van der Waals surface area contributed by atoms with Crippen LogP contribution in [0.1, 0.15) is 29.7 Å². The van der Waals surface area contributed by atoms with Gasteiger partial charge in [-0.2, -0.15) is 5.26 Å². The Kier molecular flexibility index (Phi) is 8.89. The number of piperazine rings is 1. The van der Waals surface area contributed by atoms with Crippen molar-refractivity contribution in [2.45, 2.75) is 18.6 Å². The highest BCUT2D eigenvalue weighted by molar-refractivity contribution is 6.30. The van der Waals surface area contributed by atoms with Crippen LogP contribution >= 0.6 is 11.6 Å². The number of ether oxygens (including phenoxy) is 2. The predicted octanol–water partition coefficient (Wildman–Crippen LogP) is 5.56. The zero-order valence-electron chi connectivity index (χ0n) is 21.6. The topological polar surface area (TPSA) is 73.3 Å². The lowest BCUT2D eigenvalue weighted by Gasteiger charge is -2.45. The molecule has 0 unspecified atom stereocenters. The van der Waals surface area contributed by atoms with Crippen molar-refractivity contribution >= 4 is 23.0 Å². The van der Waals surface area contributed by atoms with Crippen molar-refractivity contribution in [2.24, 2.45) is 0 Å². The molecule has 0 amide bonds. The monoisotopic (exact) mass is 530 g/mol. The zero-order valence-corrected chi connectivity index (χ0v) is 22.4. The molecule has 1 heterocycles. The van der Waals surface area contributed by atoms with Crippen molar-refractivity contribution in [1.82, 2.24) is 4.90 Å². The highest BCUT2D eigenvalue weighted by Gasteiger charge is 2.34. The zero-order chi connectivity index (χ0) is 27.1. The van der Waals surface area contributed by atoms with Crippen LogP contribution in [-0.4, -0.2) is 56.5 Å². The number of β-amino-alcohol motifs (C(OH)–C–C–N with tert-alkyl or cyclic N) is 1. The molecule has 0 bridgehead atoms. The maximum atomic E-state index is 11.4. The lowest BCUT2D eigenvalue weighted by Crippen LogP contribution is -2.52. The van der Waals surface area contributed by atoms with E-state index in [0.717, 1.165) is 16.8 Å². The van der Waals surface area contributed by atoms with E-state index in [1.165, 1.54) is 0 Å². The fourth-order valence-electron chi connectivity index (χ4n) is 4.85. The molecule has 0 aromatic heterocycles. The van der Waals surface area contributed by atoms with Crippen LogP contribution in [0.2, 0.25) is 5.02 Å². The van der Waals surface area contributed by atoms with Crippen molar-refractivity contribution < 1.29 is 14.6 Å². The smallest absolute Gasteiger partial charge is 0.187 e. The quantitative estimate of drug-likeness (QED) is 0.288. The van der Waals surface area contributed by atoms with Crippen LogP contribution in [0.25, 0.3) is 4.85 Å². The Balaban J connectivity index is 1.59. The predicted molar refractivity (Wildman–Crippen MR) is 149 cm³/mol. The third-order valence-corrected chi connectivity index (χ3v) is 7.08. The number of hydrogen-bond donors (Lipinski definition) is 1. The van der Waals surface area contributed by atoms with Gasteiger partial charge in [0.1, 0.15) is 18.4 Å². The number of hydrogen-bond acceptors (Lipinski definition) is 6. The summed E-state index contributed by atoms with van der Waals surface area (Å²) in [6.07, 6.45) is 0. The Morgan fingerprint density at radius 3 is 2.50 bits per heavy atom. The van der Waals surface area contributed by atoms with E-state index in [1.807, 2.05) is 48.5 Å². The molecule has 0 aliphatic carbocycles. The van der Waals surface area contributed by atoms with Gasteiger partial charge in [0.25, 0.3) is 0 Å². The van der Waals surface area contributed by atoms with E-state index in [-0.39, 0.29) is 6.04 Å². The first-order chi connectivity index (χ1) is 18.3. The number of aliphatic hydroxyl groups is 1. The van der Waals surface area contributed by atoms with Crippen LogP contribution < -0.4 is 9.64 Å². The fourth-order valence-corrected chi connectivity index (χ4v) is 4.98. The molecule has 7 nitrogen and oxygen atoms in total. The second kappa shape index (κ2) is 12.3. The number of anilines is 1. The number of methoxy groups -OCH3 is 1. The van der Waals surface area contributed by atoms with Crippen molar-refractivity contribution in [3.8, 4) is 11.8 Å². The Morgan fingerprint density at radius 1 is 1.11 bits per heavy atom. The molecule has 0 saturated carbocycles. The minimum Gasteiger partial charge on any atom is -0.491 e. The van der Waals surface area contributed by atoms with Gasteiger partial charge in [-0.3, -0.25) is 4.90 Å². The number of rotatable bonds is 9. The van der Waals surface area contributed by atoms with Crippen LogP contribution in [0.15, 0.2) is 66.7 Å². The van der Waals surface area contributed by atoms with Gasteiger partial charge in [-0.25, -0.2) is 4.85 Å². The van der Waals surface area contributed by atoms with E-state index in [1.54, 1.807) is 32.2 Å². The van der Waals surface area contributed by atoms with E-state index in [0.29, 0.717) is 61.4 Å². The Labute approximate surface area is 229 Å². The first-order valence-electron chi connectivity index (χ1n) is 12.5. The average Bonchev–Trinajstić information content (AvgIpc) is 2.93. The third-order valence-electron chi connectivity index (χ3n) is 6.82. The summed E-state index contributed by atoms with van der Waals surface area (Å²) in [6.45, 7) is 12.3. The first-order valence-corrected chi connectivity index (χ1v) is 12.8. The van der Waals surface area contributed by atoms with Crippen molar-refractivity contribution in [2.75, 3.05) is 51.4 Å². The van der Waals surface area contributed by atoms with Gasteiger partial charge in [0.2, 0.25) is 0 Å². The van der Waals surface area contributed by atoms with Crippen molar-refractivity contribution in [3.05, 3.63) is 99.9 Å². The normalized spacial score (nSPS) is 17.3. The van der Waals surface area contributed by atoms with Crippen LogP contribution in [0, 0.1) is 17.9 Å². The molecular weight excluding hydrogens is 500 g/mol. The molecule has 1 aliphatic heterocycles. The van der Waals surface area contributed by atoms with Gasteiger partial charge in [0.05, 0.1) is 36.1 Å². The highest BCUT2D eigenvalue weighted by Crippen LogP contribution is 2.36. The molecule has 3 aromatic rings. The Bertz CT molecular complexity index is 1310. The molecule has 8 heteroatoms. The maximum Gasteiger partial charge on any atom is 0.187 e. The molecule has 1 fully saturated rings. The van der Waals surface area contributed by atoms with Gasteiger partial charge >= 0.3 is 0 Å². The molecule has 2 atom stereocenters. The molecule has 4 rings (SSSR count). The van der Waals surface area contributed by atoms with Crippen LogP contribution in [0.4, 0.5) is 11.4 Å². The summed E-state index contributed by atoms with van der Waals surface area (Å²) >= 11 is 6.19. The van der Waals surface area contributed by atoms with E-state index < -0.39 is 5.60 Å². The summed E-state index contributed by atoms with van der Waals surface area (Å²) in [5.41, 5.74) is 2.68. The number of nitrogens with zero attached hydrogens (tertiary/aromatic N) is 4. The van der Waals surface area contributed by atoms with Gasteiger partial charge in [-0.15, -0.1) is 0 Å². The average molecular weight is 531 g/mol. The second-order valence-corrected chi connectivity index (χ2v) is 10.00. The highest BCUT2D eigenvalue weighted by atomic mass is 35.5.